The lowest BCUT2D eigenvalue weighted by Crippen LogP contribution is -2.06. The Kier molecular flexibility index (Phi) is 9.29. The third-order valence-corrected chi connectivity index (χ3v) is 3.88. The minimum atomic E-state index is -0.314. The van der Waals surface area contributed by atoms with Crippen LogP contribution in [0.4, 0.5) is 0 Å². The average Bonchev–Trinajstić information content (AvgIpc) is 2.52. The molecule has 0 N–H and O–H groups in total. The highest BCUT2D eigenvalue weighted by Crippen LogP contribution is 2.15. The molecular weight excluding hydrogens is 272 g/mol. The number of hydrogen-bond donors (Lipinski definition) is 0. The smallest absolute Gasteiger partial charge is 0.333 e. The molecule has 2 nitrogen and oxygen atoms in total. The van der Waals surface area contributed by atoms with E-state index in [0.29, 0.717) is 12.2 Å². The van der Waals surface area contributed by atoms with Crippen LogP contribution in [0.3, 0.4) is 0 Å². The summed E-state index contributed by atoms with van der Waals surface area (Å²) in [5, 5.41) is 0. The molecule has 22 heavy (non-hydrogen) atoms. The van der Waals surface area contributed by atoms with E-state index in [-0.39, 0.29) is 5.97 Å². The summed E-state index contributed by atoms with van der Waals surface area (Å²) in [4.78, 5) is 11.5. The van der Waals surface area contributed by atoms with Crippen LogP contribution in [0, 0.1) is 0 Å². The van der Waals surface area contributed by atoms with Crippen molar-refractivity contribution in [3.63, 3.8) is 0 Å². The minimum Gasteiger partial charge on any atom is -0.457 e. The quantitative estimate of drug-likeness (QED) is 0.302. The van der Waals surface area contributed by atoms with Gasteiger partial charge in [-0.25, -0.2) is 4.79 Å². The summed E-state index contributed by atoms with van der Waals surface area (Å²) in [6.07, 6.45) is 10.3. The maximum absolute atomic E-state index is 11.5. The van der Waals surface area contributed by atoms with Crippen molar-refractivity contribution in [3.05, 3.63) is 47.5 Å². The Balaban J connectivity index is 2.34. The molecule has 2 heteroatoms. The molecule has 0 saturated carbocycles. The Bertz CT molecular complexity index is 463. The van der Waals surface area contributed by atoms with E-state index in [0.717, 1.165) is 12.0 Å². The summed E-state index contributed by atoms with van der Waals surface area (Å²) in [5.41, 5.74) is 2.86. The lowest BCUT2D eigenvalue weighted by molar-refractivity contribution is -0.140. The van der Waals surface area contributed by atoms with Crippen molar-refractivity contribution in [1.82, 2.24) is 0 Å². The molecular formula is C20H30O2. The molecule has 122 valence electrons. The molecule has 0 radical (unpaired) electrons. The second-order valence-electron chi connectivity index (χ2n) is 6.00. The Morgan fingerprint density at radius 1 is 1.00 bits per heavy atom. The molecule has 0 atom stereocenters. The summed E-state index contributed by atoms with van der Waals surface area (Å²) in [6.45, 7) is 7.87. The number of hydrogen-bond acceptors (Lipinski definition) is 2. The molecule has 0 spiro atoms. The standard InChI is InChI=1S/C20H30O2/c1-4-5-6-7-8-9-10-13-18-14-11-12-15-19(18)16-22-20(21)17(2)3/h11-12,14-15H,2,4-10,13,16H2,1,3H3. The van der Waals surface area contributed by atoms with Gasteiger partial charge in [-0.05, 0) is 30.9 Å². The van der Waals surface area contributed by atoms with Crippen molar-refractivity contribution < 1.29 is 9.53 Å². The van der Waals surface area contributed by atoms with Crippen molar-refractivity contribution in [2.24, 2.45) is 0 Å². The van der Waals surface area contributed by atoms with Crippen molar-refractivity contribution in [2.75, 3.05) is 0 Å². The predicted octanol–water partition coefficient (Wildman–Crippen LogP) is 5.60. The van der Waals surface area contributed by atoms with Crippen molar-refractivity contribution in [1.29, 1.82) is 0 Å². The van der Waals surface area contributed by atoms with E-state index in [9.17, 15) is 4.79 Å². The zero-order chi connectivity index (χ0) is 16.2. The van der Waals surface area contributed by atoms with Crippen molar-refractivity contribution in [2.45, 2.75) is 71.8 Å². The Morgan fingerprint density at radius 2 is 1.59 bits per heavy atom. The first-order chi connectivity index (χ1) is 10.6. The lowest BCUT2D eigenvalue weighted by atomic mass is 10.0. The molecule has 1 rings (SSSR count). The highest BCUT2D eigenvalue weighted by atomic mass is 16.5. The van der Waals surface area contributed by atoms with Gasteiger partial charge in [-0.1, -0.05) is 76.3 Å². The van der Waals surface area contributed by atoms with Gasteiger partial charge in [-0.15, -0.1) is 0 Å². The molecule has 0 saturated heterocycles. The Hall–Kier alpha value is -1.57. The first kappa shape index (κ1) is 18.5. The van der Waals surface area contributed by atoms with Crippen LogP contribution in [0.15, 0.2) is 36.4 Å². The van der Waals surface area contributed by atoms with Gasteiger partial charge in [0.1, 0.15) is 6.61 Å². The molecule has 1 aromatic rings. The van der Waals surface area contributed by atoms with Crippen LogP contribution in [0.2, 0.25) is 0 Å². The van der Waals surface area contributed by atoms with Gasteiger partial charge in [-0.2, -0.15) is 0 Å². The van der Waals surface area contributed by atoms with Gasteiger partial charge in [0.2, 0.25) is 0 Å². The molecule has 0 bridgehead atoms. The molecule has 0 aliphatic rings. The zero-order valence-electron chi connectivity index (χ0n) is 14.2. The van der Waals surface area contributed by atoms with Gasteiger partial charge in [0.25, 0.3) is 0 Å². The molecule has 0 fully saturated rings. The highest BCUT2D eigenvalue weighted by Gasteiger charge is 2.06. The SMILES string of the molecule is C=C(C)C(=O)OCc1ccccc1CCCCCCCCC. The maximum atomic E-state index is 11.5. The van der Waals surface area contributed by atoms with E-state index in [1.54, 1.807) is 6.92 Å². The van der Waals surface area contributed by atoms with Gasteiger partial charge in [-0.3, -0.25) is 0 Å². The fourth-order valence-corrected chi connectivity index (χ4v) is 2.48. The Labute approximate surface area is 135 Å². The normalized spacial score (nSPS) is 10.5. The minimum absolute atomic E-state index is 0.314. The second-order valence-corrected chi connectivity index (χ2v) is 6.00. The molecule has 0 unspecified atom stereocenters. The van der Waals surface area contributed by atoms with E-state index in [4.69, 9.17) is 4.74 Å². The topological polar surface area (TPSA) is 26.3 Å². The zero-order valence-corrected chi connectivity index (χ0v) is 14.2. The first-order valence-electron chi connectivity index (χ1n) is 8.54. The number of rotatable bonds is 11. The van der Waals surface area contributed by atoms with Gasteiger partial charge in [0, 0.05) is 5.57 Å². The van der Waals surface area contributed by atoms with Crippen molar-refractivity contribution in [3.8, 4) is 0 Å². The van der Waals surface area contributed by atoms with Crippen LogP contribution >= 0.6 is 0 Å². The third-order valence-electron chi connectivity index (χ3n) is 3.88. The summed E-state index contributed by atoms with van der Waals surface area (Å²) < 4.78 is 5.26. The Morgan fingerprint density at radius 3 is 2.23 bits per heavy atom. The fourth-order valence-electron chi connectivity index (χ4n) is 2.48. The van der Waals surface area contributed by atoms with Crippen LogP contribution in [0.25, 0.3) is 0 Å². The van der Waals surface area contributed by atoms with Gasteiger partial charge < -0.3 is 4.74 Å². The number of carbonyl (C=O) groups is 1. The monoisotopic (exact) mass is 302 g/mol. The predicted molar refractivity (Wildman–Crippen MR) is 92.7 cm³/mol. The number of unbranched alkanes of at least 4 members (excludes halogenated alkanes) is 6. The molecule has 1 aromatic carbocycles. The summed E-state index contributed by atoms with van der Waals surface area (Å²) in [5.74, 6) is -0.314. The number of aryl methyl sites for hydroxylation is 1. The second kappa shape index (κ2) is 11.1. The van der Waals surface area contributed by atoms with E-state index in [1.165, 1.54) is 50.5 Å². The average molecular weight is 302 g/mol. The fraction of sp³-hybridized carbons (Fsp3) is 0.550. The largest absolute Gasteiger partial charge is 0.457 e. The molecule has 0 heterocycles. The summed E-state index contributed by atoms with van der Waals surface area (Å²) >= 11 is 0. The van der Waals surface area contributed by atoms with Crippen LogP contribution in [-0.2, 0) is 22.6 Å². The number of esters is 1. The van der Waals surface area contributed by atoms with E-state index >= 15 is 0 Å². The number of benzene rings is 1. The lowest BCUT2D eigenvalue weighted by Gasteiger charge is -2.10. The number of ether oxygens (including phenoxy) is 1. The third kappa shape index (κ3) is 7.44. The molecule has 0 aliphatic carbocycles. The van der Waals surface area contributed by atoms with Gasteiger partial charge in [0.15, 0.2) is 0 Å². The number of carbonyl (C=O) groups excluding carboxylic acids is 1. The molecule has 0 aliphatic heterocycles. The van der Waals surface area contributed by atoms with Gasteiger partial charge >= 0.3 is 5.97 Å². The summed E-state index contributed by atoms with van der Waals surface area (Å²) in [6, 6.07) is 8.24. The van der Waals surface area contributed by atoms with E-state index < -0.39 is 0 Å². The van der Waals surface area contributed by atoms with Crippen LogP contribution in [-0.4, -0.2) is 5.97 Å². The van der Waals surface area contributed by atoms with Crippen molar-refractivity contribution >= 4 is 5.97 Å². The summed E-state index contributed by atoms with van der Waals surface area (Å²) in [7, 11) is 0. The van der Waals surface area contributed by atoms with E-state index in [1.807, 2.05) is 12.1 Å². The van der Waals surface area contributed by atoms with Crippen LogP contribution in [0.5, 0.6) is 0 Å². The molecule has 0 aromatic heterocycles. The van der Waals surface area contributed by atoms with Crippen LogP contribution in [0.1, 0.15) is 69.9 Å². The van der Waals surface area contributed by atoms with Gasteiger partial charge in [0.05, 0.1) is 0 Å². The van der Waals surface area contributed by atoms with E-state index in [2.05, 4.69) is 25.6 Å². The highest BCUT2D eigenvalue weighted by molar-refractivity contribution is 5.86. The molecule has 0 amide bonds. The van der Waals surface area contributed by atoms with Crippen LogP contribution < -0.4 is 0 Å². The maximum Gasteiger partial charge on any atom is 0.333 e. The first-order valence-corrected chi connectivity index (χ1v) is 8.54.